The number of aliphatic imine (C=N–C) groups is 1. The lowest BCUT2D eigenvalue weighted by molar-refractivity contribution is 0.267. The molecule has 0 aromatic rings. The fourth-order valence-electron chi connectivity index (χ4n) is 0.437. The third-order valence-corrected chi connectivity index (χ3v) is 1.29. The molecule has 0 spiro atoms. The van der Waals surface area contributed by atoms with Crippen LogP contribution in [0.15, 0.2) is 4.99 Å². The average Bonchev–Trinajstić information content (AvgIpc) is 1.83. The summed E-state index contributed by atoms with van der Waals surface area (Å²) in [5.74, 6) is -0.0677. The average molecular weight is 197 g/mol. The Morgan fingerprint density at radius 3 is 2.50 bits per heavy atom. The number of nitrogens with zero attached hydrogens (tertiary/aromatic N) is 1. The van der Waals surface area contributed by atoms with E-state index in [4.69, 9.17) is 16.0 Å². The van der Waals surface area contributed by atoms with Crippen molar-refractivity contribution in [1.82, 2.24) is 0 Å². The summed E-state index contributed by atoms with van der Waals surface area (Å²) in [5.41, 5.74) is 9.96. The molecule has 0 amide bonds. The van der Waals surface area contributed by atoms with Crippen LogP contribution in [0.5, 0.6) is 0 Å². The van der Waals surface area contributed by atoms with Crippen molar-refractivity contribution in [3.8, 4) is 0 Å². The van der Waals surface area contributed by atoms with Gasteiger partial charge in [0.25, 0.3) is 0 Å². The van der Waals surface area contributed by atoms with E-state index in [1.807, 2.05) is 0 Å². The second kappa shape index (κ2) is 4.91. The van der Waals surface area contributed by atoms with Gasteiger partial charge in [-0.05, 0) is 6.42 Å². The molecule has 7 nitrogen and oxygen atoms in total. The Labute approximate surface area is 70.4 Å². The molecule has 0 aliphatic rings. The molecule has 0 aliphatic heterocycles. The molecular weight excluding hydrogens is 186 g/mol. The summed E-state index contributed by atoms with van der Waals surface area (Å²) in [4.78, 5) is 3.56. The number of hydrogen-bond donors (Lipinski definition) is 3. The zero-order chi connectivity index (χ0) is 9.61. The summed E-state index contributed by atoms with van der Waals surface area (Å²) in [7, 11) is -4.34. The van der Waals surface area contributed by atoms with Crippen molar-refractivity contribution in [1.29, 1.82) is 0 Å². The van der Waals surface area contributed by atoms with Crippen LogP contribution in [0.25, 0.3) is 0 Å². The molecule has 0 fully saturated rings. The monoisotopic (exact) mass is 197 g/mol. The second-order valence-electron chi connectivity index (χ2n) is 1.91. The third-order valence-electron chi connectivity index (χ3n) is 0.829. The molecule has 0 saturated heterocycles. The maximum atomic E-state index is 9.98. The first-order valence-corrected chi connectivity index (χ1v) is 4.45. The molecule has 0 atom stereocenters. The summed E-state index contributed by atoms with van der Waals surface area (Å²) < 4.78 is 32.0. The van der Waals surface area contributed by atoms with Crippen LogP contribution in [0.2, 0.25) is 0 Å². The Hall–Kier alpha value is -0.860. The number of hydrogen-bond acceptors (Lipinski definition) is 4. The van der Waals surface area contributed by atoms with Crippen LogP contribution < -0.4 is 11.5 Å². The van der Waals surface area contributed by atoms with E-state index >= 15 is 0 Å². The van der Waals surface area contributed by atoms with Crippen LogP contribution in [0, 0.1) is 0 Å². The van der Waals surface area contributed by atoms with Gasteiger partial charge in [0.15, 0.2) is 5.96 Å². The van der Waals surface area contributed by atoms with Crippen molar-refractivity contribution in [2.75, 3.05) is 13.2 Å². The highest BCUT2D eigenvalue weighted by Crippen LogP contribution is 1.89. The van der Waals surface area contributed by atoms with Gasteiger partial charge >= 0.3 is 10.4 Å². The van der Waals surface area contributed by atoms with Gasteiger partial charge in [-0.1, -0.05) is 0 Å². The zero-order valence-corrected chi connectivity index (χ0v) is 7.12. The summed E-state index contributed by atoms with van der Waals surface area (Å²) in [6, 6.07) is 0. The van der Waals surface area contributed by atoms with Crippen molar-refractivity contribution >= 4 is 16.4 Å². The summed E-state index contributed by atoms with van der Waals surface area (Å²) in [6.07, 6.45) is 0.317. The first-order valence-electron chi connectivity index (χ1n) is 3.09. The Balaban J connectivity index is 3.41. The van der Waals surface area contributed by atoms with Crippen molar-refractivity contribution in [3.63, 3.8) is 0 Å². The predicted molar refractivity (Wildman–Crippen MR) is 42.8 cm³/mol. The molecule has 5 N–H and O–H groups in total. The van der Waals surface area contributed by atoms with Gasteiger partial charge in [0.1, 0.15) is 0 Å². The first kappa shape index (κ1) is 11.1. The van der Waals surface area contributed by atoms with Gasteiger partial charge in [0, 0.05) is 6.54 Å². The Kier molecular flexibility index (Phi) is 4.55. The molecule has 12 heavy (non-hydrogen) atoms. The van der Waals surface area contributed by atoms with Gasteiger partial charge < -0.3 is 11.5 Å². The fraction of sp³-hybridized carbons (Fsp3) is 0.750. The normalized spacial score (nSPS) is 11.1. The molecule has 0 aromatic heterocycles. The van der Waals surface area contributed by atoms with E-state index < -0.39 is 10.4 Å². The minimum Gasteiger partial charge on any atom is -0.370 e. The standard InChI is InChI=1S/C4H11N3O4S/c5-4(6)7-2-1-3-11-12(8,9)10/h1-3H2,(H4,5,6,7)(H,8,9,10). The van der Waals surface area contributed by atoms with E-state index in [1.165, 1.54) is 0 Å². The molecule has 0 unspecified atom stereocenters. The smallest absolute Gasteiger partial charge is 0.370 e. The van der Waals surface area contributed by atoms with Crippen LogP contribution in [-0.4, -0.2) is 32.1 Å². The van der Waals surface area contributed by atoms with Crippen molar-refractivity contribution < 1.29 is 17.2 Å². The Morgan fingerprint density at radius 2 is 2.08 bits per heavy atom. The van der Waals surface area contributed by atoms with Crippen molar-refractivity contribution in [2.24, 2.45) is 16.5 Å². The lowest BCUT2D eigenvalue weighted by Gasteiger charge is -1.96. The molecule has 72 valence electrons. The zero-order valence-electron chi connectivity index (χ0n) is 6.30. The lowest BCUT2D eigenvalue weighted by Crippen LogP contribution is -2.23. The summed E-state index contributed by atoms with van der Waals surface area (Å²) >= 11 is 0. The van der Waals surface area contributed by atoms with Crippen molar-refractivity contribution in [2.45, 2.75) is 6.42 Å². The summed E-state index contributed by atoms with van der Waals surface area (Å²) in [5, 5.41) is 0. The largest absolute Gasteiger partial charge is 0.397 e. The topological polar surface area (TPSA) is 128 Å². The van der Waals surface area contributed by atoms with Crippen molar-refractivity contribution in [3.05, 3.63) is 0 Å². The minimum atomic E-state index is -4.34. The third kappa shape index (κ3) is 9.14. The molecule has 0 saturated carbocycles. The van der Waals surface area contributed by atoms with E-state index in [-0.39, 0.29) is 19.1 Å². The highest BCUT2D eigenvalue weighted by Gasteiger charge is 2.01. The fourth-order valence-corrected chi connectivity index (χ4v) is 0.765. The number of guanidine groups is 1. The van der Waals surface area contributed by atoms with Crippen LogP contribution in [-0.2, 0) is 14.6 Å². The summed E-state index contributed by atoms with van der Waals surface area (Å²) in [6.45, 7) is 0.119. The predicted octanol–water partition coefficient (Wildman–Crippen LogP) is -1.53. The van der Waals surface area contributed by atoms with Gasteiger partial charge in [-0.25, -0.2) is 4.18 Å². The number of rotatable bonds is 5. The van der Waals surface area contributed by atoms with Gasteiger partial charge in [0.2, 0.25) is 0 Å². The minimum absolute atomic E-state index is 0.0677. The maximum absolute atomic E-state index is 9.98. The molecular formula is C4H11N3O4S. The lowest BCUT2D eigenvalue weighted by atomic mass is 10.5. The molecule has 0 aromatic carbocycles. The molecule has 0 aliphatic carbocycles. The molecule has 0 heterocycles. The van der Waals surface area contributed by atoms with Crippen LogP contribution >= 0.6 is 0 Å². The first-order chi connectivity index (χ1) is 5.42. The highest BCUT2D eigenvalue weighted by molar-refractivity contribution is 7.80. The van der Waals surface area contributed by atoms with Gasteiger partial charge in [-0.3, -0.25) is 9.55 Å². The highest BCUT2D eigenvalue weighted by atomic mass is 32.3. The van der Waals surface area contributed by atoms with E-state index in [0.717, 1.165) is 0 Å². The van der Waals surface area contributed by atoms with Gasteiger partial charge in [0.05, 0.1) is 6.61 Å². The second-order valence-corrected chi connectivity index (χ2v) is 3.00. The molecule has 0 bridgehead atoms. The van der Waals surface area contributed by atoms with Crippen LogP contribution in [0.1, 0.15) is 6.42 Å². The Morgan fingerprint density at radius 1 is 1.50 bits per heavy atom. The molecule has 8 heteroatoms. The van der Waals surface area contributed by atoms with Gasteiger partial charge in [-0.15, -0.1) is 0 Å². The van der Waals surface area contributed by atoms with E-state index in [2.05, 4.69) is 9.18 Å². The number of nitrogens with two attached hydrogens (primary N) is 2. The van der Waals surface area contributed by atoms with Crippen LogP contribution in [0.3, 0.4) is 0 Å². The van der Waals surface area contributed by atoms with E-state index in [0.29, 0.717) is 6.42 Å². The van der Waals surface area contributed by atoms with E-state index in [9.17, 15) is 8.42 Å². The van der Waals surface area contributed by atoms with Gasteiger partial charge in [-0.2, -0.15) is 8.42 Å². The molecule has 0 radical (unpaired) electrons. The quantitative estimate of drug-likeness (QED) is 0.212. The maximum Gasteiger partial charge on any atom is 0.397 e. The molecule has 0 rings (SSSR count). The Bertz CT molecular complexity index is 243. The SMILES string of the molecule is NC(N)=NCCCOS(=O)(=O)O. The van der Waals surface area contributed by atoms with E-state index in [1.54, 1.807) is 0 Å². The van der Waals surface area contributed by atoms with Crippen LogP contribution in [0.4, 0.5) is 0 Å².